The van der Waals surface area contributed by atoms with Gasteiger partial charge in [-0.2, -0.15) is 0 Å². The van der Waals surface area contributed by atoms with Crippen molar-refractivity contribution >= 4 is 5.91 Å². The van der Waals surface area contributed by atoms with Gasteiger partial charge in [0, 0.05) is 19.2 Å². The van der Waals surface area contributed by atoms with E-state index in [4.69, 9.17) is 5.73 Å². The first-order valence-corrected chi connectivity index (χ1v) is 6.40. The van der Waals surface area contributed by atoms with E-state index in [1.165, 1.54) is 11.1 Å². The van der Waals surface area contributed by atoms with Gasteiger partial charge in [-0.05, 0) is 56.0 Å². The Morgan fingerprint density at radius 1 is 1.28 bits per heavy atom. The Kier molecular flexibility index (Phi) is 4.91. The van der Waals surface area contributed by atoms with E-state index >= 15 is 0 Å². The van der Waals surface area contributed by atoms with Crippen LogP contribution in [0.3, 0.4) is 0 Å². The molecular weight excluding hydrogens is 224 g/mol. The number of aryl methyl sites for hydroxylation is 1. The predicted octanol–water partition coefficient (Wildman–Crippen LogP) is 2.28. The van der Waals surface area contributed by atoms with Gasteiger partial charge in [0.25, 0.3) is 5.91 Å². The molecule has 0 aromatic heterocycles. The highest BCUT2D eigenvalue weighted by molar-refractivity contribution is 5.95. The molecule has 18 heavy (non-hydrogen) atoms. The van der Waals surface area contributed by atoms with Gasteiger partial charge in [0.1, 0.15) is 0 Å². The van der Waals surface area contributed by atoms with E-state index < -0.39 is 0 Å². The van der Waals surface area contributed by atoms with Crippen molar-refractivity contribution in [2.24, 2.45) is 11.7 Å². The number of nitrogens with zero attached hydrogens (tertiary/aromatic N) is 1. The smallest absolute Gasteiger partial charge is 0.253 e. The largest absolute Gasteiger partial charge is 0.341 e. The Morgan fingerprint density at radius 3 is 2.44 bits per heavy atom. The zero-order valence-corrected chi connectivity index (χ0v) is 12.1. The fourth-order valence-electron chi connectivity index (χ4n) is 2.02. The minimum atomic E-state index is 0.0795. The first kappa shape index (κ1) is 14.7. The van der Waals surface area contributed by atoms with Gasteiger partial charge in [-0.15, -0.1) is 0 Å². The Morgan fingerprint density at radius 2 is 1.89 bits per heavy atom. The zero-order valence-electron chi connectivity index (χ0n) is 12.1. The lowest BCUT2D eigenvalue weighted by Crippen LogP contribution is -2.34. The number of hydrogen-bond donors (Lipinski definition) is 1. The van der Waals surface area contributed by atoms with Crippen LogP contribution in [0.15, 0.2) is 12.1 Å². The number of carbonyl (C=O) groups is 1. The molecule has 3 heteroatoms. The summed E-state index contributed by atoms with van der Waals surface area (Å²) in [6, 6.07) is 3.93. The third-order valence-electron chi connectivity index (χ3n) is 3.62. The molecule has 1 aromatic rings. The Bertz CT molecular complexity index is 440. The number of rotatable bonds is 4. The minimum Gasteiger partial charge on any atom is -0.341 e. The summed E-state index contributed by atoms with van der Waals surface area (Å²) in [6.45, 7) is 9.48. The molecular formula is C15H24N2O. The summed E-state index contributed by atoms with van der Waals surface area (Å²) >= 11 is 0. The van der Waals surface area contributed by atoms with Crippen LogP contribution in [-0.2, 0) is 0 Å². The SMILES string of the molecule is Cc1ccc(C(=O)N(C)CC(C)CN)c(C)c1C. The van der Waals surface area contributed by atoms with Gasteiger partial charge in [0.2, 0.25) is 0 Å². The molecule has 0 saturated carbocycles. The number of carbonyl (C=O) groups excluding carboxylic acids is 1. The highest BCUT2D eigenvalue weighted by atomic mass is 16.2. The van der Waals surface area contributed by atoms with E-state index in [-0.39, 0.29) is 5.91 Å². The summed E-state index contributed by atoms with van der Waals surface area (Å²) in [7, 11) is 1.84. The van der Waals surface area contributed by atoms with E-state index in [2.05, 4.69) is 20.8 Å². The maximum absolute atomic E-state index is 12.4. The second-order valence-corrected chi connectivity index (χ2v) is 5.21. The Balaban J connectivity index is 2.94. The molecule has 0 aliphatic carbocycles. The van der Waals surface area contributed by atoms with Crippen molar-refractivity contribution in [1.82, 2.24) is 4.90 Å². The van der Waals surface area contributed by atoms with Crippen molar-refractivity contribution in [3.05, 3.63) is 34.4 Å². The molecule has 1 amide bonds. The lowest BCUT2D eigenvalue weighted by molar-refractivity contribution is 0.0776. The summed E-state index contributed by atoms with van der Waals surface area (Å²) < 4.78 is 0. The van der Waals surface area contributed by atoms with Crippen molar-refractivity contribution < 1.29 is 4.79 Å². The van der Waals surface area contributed by atoms with E-state index in [0.29, 0.717) is 19.0 Å². The van der Waals surface area contributed by atoms with Gasteiger partial charge in [0.05, 0.1) is 0 Å². The van der Waals surface area contributed by atoms with Gasteiger partial charge < -0.3 is 10.6 Å². The molecule has 3 nitrogen and oxygen atoms in total. The standard InChI is InChI=1S/C15H24N2O/c1-10(8-16)9-17(5)15(18)14-7-6-11(2)12(3)13(14)4/h6-7,10H,8-9,16H2,1-5H3. The molecule has 1 aromatic carbocycles. The van der Waals surface area contributed by atoms with Gasteiger partial charge in [-0.1, -0.05) is 13.0 Å². The fraction of sp³-hybridized carbons (Fsp3) is 0.533. The molecule has 0 aliphatic rings. The Hall–Kier alpha value is -1.35. The molecule has 0 heterocycles. The second kappa shape index (κ2) is 6.01. The van der Waals surface area contributed by atoms with Crippen LogP contribution >= 0.6 is 0 Å². The fourth-order valence-corrected chi connectivity index (χ4v) is 2.02. The maximum Gasteiger partial charge on any atom is 0.253 e. The summed E-state index contributed by atoms with van der Waals surface area (Å²) in [6.07, 6.45) is 0. The van der Waals surface area contributed by atoms with Crippen LogP contribution in [0.25, 0.3) is 0 Å². The topological polar surface area (TPSA) is 46.3 Å². The molecule has 1 atom stereocenters. The lowest BCUT2D eigenvalue weighted by atomic mass is 9.98. The first-order chi connectivity index (χ1) is 8.38. The quantitative estimate of drug-likeness (QED) is 0.888. The van der Waals surface area contributed by atoms with E-state index in [9.17, 15) is 4.79 Å². The zero-order chi connectivity index (χ0) is 13.9. The molecule has 0 bridgehead atoms. The van der Waals surface area contributed by atoms with Gasteiger partial charge in [-0.25, -0.2) is 0 Å². The van der Waals surface area contributed by atoms with E-state index in [1.54, 1.807) is 4.90 Å². The maximum atomic E-state index is 12.4. The highest BCUT2D eigenvalue weighted by Crippen LogP contribution is 2.18. The van der Waals surface area contributed by atoms with Crippen LogP contribution < -0.4 is 5.73 Å². The number of hydrogen-bond acceptors (Lipinski definition) is 2. The molecule has 1 rings (SSSR count). The normalized spacial score (nSPS) is 12.3. The van der Waals surface area contributed by atoms with Crippen LogP contribution in [-0.4, -0.2) is 30.9 Å². The molecule has 1 unspecified atom stereocenters. The summed E-state index contributed by atoms with van der Waals surface area (Å²) in [5.74, 6) is 0.404. The first-order valence-electron chi connectivity index (χ1n) is 6.40. The van der Waals surface area contributed by atoms with Crippen molar-refractivity contribution in [3.8, 4) is 0 Å². The van der Waals surface area contributed by atoms with Gasteiger partial charge >= 0.3 is 0 Å². The van der Waals surface area contributed by atoms with E-state index in [1.807, 2.05) is 26.1 Å². The molecule has 0 aliphatic heterocycles. The number of nitrogens with two attached hydrogens (primary N) is 1. The van der Waals surface area contributed by atoms with Crippen LogP contribution in [0.2, 0.25) is 0 Å². The summed E-state index contributed by atoms with van der Waals surface area (Å²) in [5, 5.41) is 0. The Labute approximate surface area is 110 Å². The van der Waals surface area contributed by atoms with Crippen molar-refractivity contribution in [3.63, 3.8) is 0 Å². The van der Waals surface area contributed by atoms with Crippen LogP contribution in [0.5, 0.6) is 0 Å². The summed E-state index contributed by atoms with van der Waals surface area (Å²) in [4.78, 5) is 14.1. The van der Waals surface area contributed by atoms with Crippen molar-refractivity contribution in [1.29, 1.82) is 0 Å². The second-order valence-electron chi connectivity index (χ2n) is 5.21. The average Bonchev–Trinajstić information content (AvgIpc) is 2.35. The molecule has 0 radical (unpaired) electrons. The summed E-state index contributed by atoms with van der Waals surface area (Å²) in [5.41, 5.74) is 9.89. The number of amides is 1. The van der Waals surface area contributed by atoms with Crippen LogP contribution in [0.4, 0.5) is 0 Å². The average molecular weight is 248 g/mol. The highest BCUT2D eigenvalue weighted by Gasteiger charge is 2.17. The molecule has 0 saturated heterocycles. The van der Waals surface area contributed by atoms with Crippen molar-refractivity contribution in [2.45, 2.75) is 27.7 Å². The van der Waals surface area contributed by atoms with Crippen molar-refractivity contribution in [2.75, 3.05) is 20.1 Å². The monoisotopic (exact) mass is 248 g/mol. The molecule has 2 N–H and O–H groups in total. The molecule has 0 spiro atoms. The van der Waals surface area contributed by atoms with E-state index in [0.717, 1.165) is 11.1 Å². The van der Waals surface area contributed by atoms with Gasteiger partial charge in [-0.3, -0.25) is 4.79 Å². The number of benzene rings is 1. The van der Waals surface area contributed by atoms with Crippen LogP contribution in [0.1, 0.15) is 34.0 Å². The van der Waals surface area contributed by atoms with Crippen LogP contribution in [0, 0.1) is 26.7 Å². The van der Waals surface area contributed by atoms with Gasteiger partial charge in [0.15, 0.2) is 0 Å². The molecule has 100 valence electrons. The third kappa shape index (κ3) is 3.10. The predicted molar refractivity (Wildman–Crippen MR) is 75.8 cm³/mol. The third-order valence-corrected chi connectivity index (χ3v) is 3.62. The lowest BCUT2D eigenvalue weighted by Gasteiger charge is -2.22. The minimum absolute atomic E-state index is 0.0795. The molecule has 0 fully saturated rings.